The Morgan fingerprint density at radius 2 is 2.17 bits per heavy atom. The Bertz CT molecular complexity index is 439. The maximum absolute atomic E-state index is 12.7. The number of nitrogen functional groups attached to an aromatic ring is 1. The van der Waals surface area contributed by atoms with E-state index in [-0.39, 0.29) is 36.4 Å². The molecule has 0 aliphatic carbocycles. The number of anilines is 1. The van der Waals surface area contributed by atoms with Gasteiger partial charge in [-0.05, 0) is 18.1 Å². The summed E-state index contributed by atoms with van der Waals surface area (Å²) in [6.07, 6.45) is -1.84. The first-order chi connectivity index (χ1) is 8.51. The molecule has 0 saturated heterocycles. The Morgan fingerprint density at radius 1 is 1.50 bits per heavy atom. The number of aromatic nitrogens is 1. The molecule has 0 aromatic carbocycles. The van der Waals surface area contributed by atoms with Crippen LogP contribution in [0.3, 0.4) is 0 Å². The van der Waals surface area contributed by atoms with E-state index in [1.807, 2.05) is 0 Å². The van der Waals surface area contributed by atoms with Gasteiger partial charge >= 0.3 is 5.97 Å². The molecule has 0 spiro atoms. The van der Waals surface area contributed by atoms with Gasteiger partial charge in [-0.2, -0.15) is 0 Å². The molecule has 1 rings (SSSR count). The first-order valence-electron chi connectivity index (χ1n) is 5.41. The summed E-state index contributed by atoms with van der Waals surface area (Å²) in [7, 11) is 0. The van der Waals surface area contributed by atoms with Gasteiger partial charge in [0.25, 0.3) is 6.43 Å². The van der Waals surface area contributed by atoms with Gasteiger partial charge in [0, 0.05) is 6.54 Å². The van der Waals surface area contributed by atoms with Gasteiger partial charge in [-0.25, -0.2) is 8.78 Å². The van der Waals surface area contributed by atoms with Crippen molar-refractivity contribution in [1.29, 1.82) is 0 Å². The molecular weight excluding hydrogens is 244 g/mol. The van der Waals surface area contributed by atoms with Crippen LogP contribution in [0, 0.1) is 0 Å². The van der Waals surface area contributed by atoms with E-state index in [1.54, 1.807) is 6.92 Å². The zero-order valence-electron chi connectivity index (χ0n) is 9.95. The van der Waals surface area contributed by atoms with E-state index >= 15 is 0 Å². The zero-order valence-corrected chi connectivity index (χ0v) is 9.95. The van der Waals surface area contributed by atoms with Gasteiger partial charge in [0.15, 0.2) is 0 Å². The van der Waals surface area contributed by atoms with Crippen LogP contribution in [0.5, 0.6) is 0 Å². The Labute approximate surface area is 103 Å². The number of alkyl halides is 2. The number of carbonyl (C=O) groups excluding carboxylic acids is 1. The quantitative estimate of drug-likeness (QED) is 0.774. The molecule has 0 aliphatic rings. The predicted molar refractivity (Wildman–Crippen MR) is 61.8 cm³/mol. The van der Waals surface area contributed by atoms with E-state index in [1.165, 1.54) is 0 Å². The number of rotatable bonds is 5. The van der Waals surface area contributed by atoms with Crippen LogP contribution in [0.2, 0.25) is 0 Å². The standard InChI is InChI=1S/C11H15F2N3O2/c1-2-18-9(17)3-6-7(4-14)10(11(12)13)16-5-8(6)15/h5,11H,2-4,14-15H2,1H3. The smallest absolute Gasteiger partial charge is 0.310 e. The van der Waals surface area contributed by atoms with Crippen LogP contribution < -0.4 is 11.5 Å². The van der Waals surface area contributed by atoms with Crippen LogP contribution in [0.25, 0.3) is 0 Å². The molecule has 0 radical (unpaired) electrons. The number of hydrogen-bond acceptors (Lipinski definition) is 5. The highest BCUT2D eigenvalue weighted by atomic mass is 19.3. The van der Waals surface area contributed by atoms with Gasteiger partial charge in [-0.1, -0.05) is 0 Å². The minimum Gasteiger partial charge on any atom is -0.466 e. The Hall–Kier alpha value is -1.76. The normalized spacial score (nSPS) is 10.7. The molecule has 5 nitrogen and oxygen atoms in total. The molecule has 0 aliphatic heterocycles. The molecule has 0 unspecified atom stereocenters. The number of esters is 1. The van der Waals surface area contributed by atoms with E-state index in [2.05, 4.69) is 4.98 Å². The lowest BCUT2D eigenvalue weighted by molar-refractivity contribution is -0.142. The summed E-state index contributed by atoms with van der Waals surface area (Å²) in [5.74, 6) is -0.537. The van der Waals surface area contributed by atoms with E-state index in [0.29, 0.717) is 0 Å². The summed E-state index contributed by atoms with van der Waals surface area (Å²) >= 11 is 0. The fraction of sp³-hybridized carbons (Fsp3) is 0.455. The lowest BCUT2D eigenvalue weighted by Crippen LogP contribution is -2.16. The predicted octanol–water partition coefficient (Wildman–Crippen LogP) is 1.17. The molecule has 1 heterocycles. The SMILES string of the molecule is CCOC(=O)Cc1c(N)cnc(C(F)F)c1CN. The summed E-state index contributed by atoms with van der Waals surface area (Å²) in [5.41, 5.74) is 11.2. The summed E-state index contributed by atoms with van der Waals surface area (Å²) in [6.45, 7) is 1.71. The lowest BCUT2D eigenvalue weighted by atomic mass is 10.0. The second-order valence-corrected chi connectivity index (χ2v) is 3.54. The average molecular weight is 259 g/mol. The Morgan fingerprint density at radius 3 is 2.67 bits per heavy atom. The van der Waals surface area contributed by atoms with E-state index < -0.39 is 18.1 Å². The van der Waals surface area contributed by atoms with E-state index in [0.717, 1.165) is 6.20 Å². The number of hydrogen-bond donors (Lipinski definition) is 2. The number of ether oxygens (including phenoxy) is 1. The molecule has 100 valence electrons. The van der Waals surface area contributed by atoms with Gasteiger partial charge in [0.1, 0.15) is 5.69 Å². The van der Waals surface area contributed by atoms with Gasteiger partial charge in [-0.15, -0.1) is 0 Å². The topological polar surface area (TPSA) is 91.2 Å². The number of carbonyl (C=O) groups is 1. The van der Waals surface area contributed by atoms with Crippen LogP contribution in [0.4, 0.5) is 14.5 Å². The maximum atomic E-state index is 12.7. The summed E-state index contributed by atoms with van der Waals surface area (Å²) < 4.78 is 30.2. The first kappa shape index (κ1) is 14.3. The third-order valence-electron chi connectivity index (χ3n) is 2.40. The molecule has 0 atom stereocenters. The average Bonchev–Trinajstić information content (AvgIpc) is 2.31. The number of pyridine rings is 1. The zero-order chi connectivity index (χ0) is 13.7. The van der Waals surface area contributed by atoms with Crippen molar-refractivity contribution in [3.63, 3.8) is 0 Å². The molecule has 0 bridgehead atoms. The molecule has 4 N–H and O–H groups in total. The molecule has 0 fully saturated rings. The van der Waals surface area contributed by atoms with Crippen LogP contribution in [-0.2, 0) is 22.5 Å². The van der Waals surface area contributed by atoms with Crippen LogP contribution in [-0.4, -0.2) is 17.6 Å². The van der Waals surface area contributed by atoms with Crippen LogP contribution in [0.15, 0.2) is 6.20 Å². The fourth-order valence-electron chi connectivity index (χ4n) is 1.60. The van der Waals surface area contributed by atoms with Crippen molar-refractivity contribution >= 4 is 11.7 Å². The first-order valence-corrected chi connectivity index (χ1v) is 5.41. The molecule has 0 amide bonds. The van der Waals surface area contributed by atoms with Gasteiger partial charge < -0.3 is 16.2 Å². The van der Waals surface area contributed by atoms with Crippen molar-refractivity contribution in [2.45, 2.75) is 26.3 Å². The Kier molecular flexibility index (Phi) is 4.96. The minimum absolute atomic E-state index is 0.109. The highest BCUT2D eigenvalue weighted by Crippen LogP contribution is 2.27. The van der Waals surface area contributed by atoms with Gasteiger partial charge in [0.2, 0.25) is 0 Å². The monoisotopic (exact) mass is 259 g/mol. The number of nitrogens with zero attached hydrogens (tertiary/aromatic N) is 1. The van der Waals surface area contributed by atoms with Crippen molar-refractivity contribution in [3.05, 3.63) is 23.0 Å². The third kappa shape index (κ3) is 3.13. The van der Waals surface area contributed by atoms with Gasteiger partial charge in [-0.3, -0.25) is 9.78 Å². The van der Waals surface area contributed by atoms with E-state index in [4.69, 9.17) is 16.2 Å². The second-order valence-electron chi connectivity index (χ2n) is 3.54. The van der Waals surface area contributed by atoms with Crippen molar-refractivity contribution in [2.75, 3.05) is 12.3 Å². The van der Waals surface area contributed by atoms with Gasteiger partial charge in [0.05, 0.1) is 24.9 Å². The molecule has 7 heteroatoms. The van der Waals surface area contributed by atoms with Crippen molar-refractivity contribution in [2.24, 2.45) is 5.73 Å². The van der Waals surface area contributed by atoms with Crippen molar-refractivity contribution in [1.82, 2.24) is 4.98 Å². The fourth-order valence-corrected chi connectivity index (χ4v) is 1.60. The highest BCUT2D eigenvalue weighted by molar-refractivity contribution is 5.75. The number of halogens is 2. The minimum atomic E-state index is -2.76. The largest absolute Gasteiger partial charge is 0.466 e. The van der Waals surface area contributed by atoms with Crippen LogP contribution >= 0.6 is 0 Å². The summed E-state index contributed by atoms with van der Waals surface area (Å²) in [5, 5.41) is 0. The molecule has 1 aromatic heterocycles. The van der Waals surface area contributed by atoms with Crippen molar-refractivity contribution in [3.8, 4) is 0 Å². The Balaban J connectivity index is 3.15. The number of nitrogens with two attached hydrogens (primary N) is 2. The molecular formula is C11H15F2N3O2. The highest BCUT2D eigenvalue weighted by Gasteiger charge is 2.20. The molecule has 0 saturated carbocycles. The maximum Gasteiger partial charge on any atom is 0.310 e. The molecule has 1 aromatic rings. The van der Waals surface area contributed by atoms with Crippen LogP contribution in [0.1, 0.15) is 30.2 Å². The van der Waals surface area contributed by atoms with E-state index in [9.17, 15) is 13.6 Å². The molecule has 18 heavy (non-hydrogen) atoms. The summed E-state index contributed by atoms with van der Waals surface area (Å²) in [4.78, 5) is 14.9. The van der Waals surface area contributed by atoms with Crippen molar-refractivity contribution < 1.29 is 18.3 Å². The third-order valence-corrected chi connectivity index (χ3v) is 2.40. The second kappa shape index (κ2) is 6.25. The lowest BCUT2D eigenvalue weighted by Gasteiger charge is -2.14. The summed E-state index contributed by atoms with van der Waals surface area (Å²) in [6, 6.07) is 0.